The van der Waals surface area contributed by atoms with Crippen molar-refractivity contribution in [2.75, 3.05) is 19.7 Å². The van der Waals surface area contributed by atoms with Crippen LogP contribution in [0.1, 0.15) is 36.2 Å². The molecule has 0 radical (unpaired) electrons. The molecule has 3 aliphatic heterocycles. The first-order valence-corrected chi connectivity index (χ1v) is 9.28. The lowest BCUT2D eigenvalue weighted by molar-refractivity contribution is -0.134. The highest BCUT2D eigenvalue weighted by Crippen LogP contribution is 2.36. The molecule has 7 nitrogen and oxygen atoms in total. The van der Waals surface area contributed by atoms with Crippen molar-refractivity contribution in [1.29, 1.82) is 0 Å². The van der Waals surface area contributed by atoms with Crippen LogP contribution in [0.2, 0.25) is 0 Å². The normalized spacial score (nSPS) is 29.3. The standard InChI is InChI=1S/C16H21BrN4O3/c1-19-9-10(17)14(18-19)16(23)21-11-4-7-24-13(11)8-12(21)15(22)20-5-2-3-6-20/h9,11-13H,2-8H2,1H3/t11-,12-,13-/m0/s1. The molecule has 4 heterocycles. The number of likely N-dealkylation sites (tertiary alicyclic amines) is 2. The largest absolute Gasteiger partial charge is 0.376 e. The summed E-state index contributed by atoms with van der Waals surface area (Å²) in [6.45, 7) is 2.23. The van der Waals surface area contributed by atoms with Gasteiger partial charge in [0.1, 0.15) is 6.04 Å². The molecule has 8 heteroatoms. The predicted molar refractivity (Wildman–Crippen MR) is 89.4 cm³/mol. The summed E-state index contributed by atoms with van der Waals surface area (Å²) in [5.41, 5.74) is 0.365. The summed E-state index contributed by atoms with van der Waals surface area (Å²) in [5.74, 6) is -0.121. The maximum Gasteiger partial charge on any atom is 0.276 e. The number of fused-ring (bicyclic) bond motifs is 1. The van der Waals surface area contributed by atoms with Gasteiger partial charge in [-0.25, -0.2) is 0 Å². The fraction of sp³-hybridized carbons (Fsp3) is 0.688. The van der Waals surface area contributed by atoms with Crippen molar-refractivity contribution in [3.05, 3.63) is 16.4 Å². The van der Waals surface area contributed by atoms with Gasteiger partial charge in [0.05, 0.1) is 16.6 Å². The molecule has 130 valence electrons. The van der Waals surface area contributed by atoms with Crippen molar-refractivity contribution < 1.29 is 14.3 Å². The van der Waals surface area contributed by atoms with Crippen LogP contribution in [-0.4, -0.2) is 69.3 Å². The molecule has 24 heavy (non-hydrogen) atoms. The van der Waals surface area contributed by atoms with E-state index in [1.165, 1.54) is 0 Å². The summed E-state index contributed by atoms with van der Waals surface area (Å²) in [6, 6.07) is -0.456. The van der Waals surface area contributed by atoms with Crippen LogP contribution >= 0.6 is 15.9 Å². The minimum Gasteiger partial charge on any atom is -0.376 e. The van der Waals surface area contributed by atoms with Crippen molar-refractivity contribution in [2.24, 2.45) is 7.05 Å². The highest BCUT2D eigenvalue weighted by atomic mass is 79.9. The van der Waals surface area contributed by atoms with Gasteiger partial charge in [-0.2, -0.15) is 5.10 Å². The lowest BCUT2D eigenvalue weighted by Crippen LogP contribution is -2.50. The van der Waals surface area contributed by atoms with E-state index >= 15 is 0 Å². The smallest absolute Gasteiger partial charge is 0.276 e. The molecule has 0 aromatic carbocycles. The molecule has 3 aliphatic rings. The highest BCUT2D eigenvalue weighted by Gasteiger charge is 2.51. The second-order valence-electron chi connectivity index (χ2n) is 6.76. The first kappa shape index (κ1) is 16.1. The van der Waals surface area contributed by atoms with Crippen LogP contribution in [0, 0.1) is 0 Å². The number of hydrogen-bond donors (Lipinski definition) is 0. The zero-order valence-corrected chi connectivity index (χ0v) is 15.2. The van der Waals surface area contributed by atoms with Crippen molar-refractivity contribution in [2.45, 2.75) is 43.9 Å². The summed E-state index contributed by atoms with van der Waals surface area (Å²) in [4.78, 5) is 29.7. The summed E-state index contributed by atoms with van der Waals surface area (Å²) in [7, 11) is 1.78. The van der Waals surface area contributed by atoms with E-state index in [-0.39, 0.29) is 24.0 Å². The third-order valence-corrected chi connectivity index (χ3v) is 5.83. The van der Waals surface area contributed by atoms with Crippen molar-refractivity contribution >= 4 is 27.7 Å². The molecule has 2 amide bonds. The molecule has 0 N–H and O–H groups in total. The zero-order chi connectivity index (χ0) is 16.8. The molecule has 3 fully saturated rings. The number of ether oxygens (including phenoxy) is 1. The Hall–Kier alpha value is -1.41. The molecule has 0 spiro atoms. The number of nitrogens with zero attached hydrogens (tertiary/aromatic N) is 4. The Morgan fingerprint density at radius 1 is 1.33 bits per heavy atom. The predicted octanol–water partition coefficient (Wildman–Crippen LogP) is 1.18. The lowest BCUT2D eigenvalue weighted by Gasteiger charge is -2.30. The summed E-state index contributed by atoms with van der Waals surface area (Å²) in [5, 5.41) is 4.27. The van der Waals surface area contributed by atoms with E-state index in [1.54, 1.807) is 22.8 Å². The molecule has 1 aromatic rings. The number of rotatable bonds is 2. The van der Waals surface area contributed by atoms with Gasteiger partial charge in [0.25, 0.3) is 5.91 Å². The van der Waals surface area contributed by atoms with E-state index in [2.05, 4.69) is 21.0 Å². The quantitative estimate of drug-likeness (QED) is 0.752. The van der Waals surface area contributed by atoms with Crippen LogP contribution in [0.5, 0.6) is 0 Å². The molecule has 0 bridgehead atoms. The Balaban J connectivity index is 1.64. The molecule has 0 unspecified atom stereocenters. The molecular formula is C16H21BrN4O3. The second kappa shape index (κ2) is 6.15. The third-order valence-electron chi connectivity index (χ3n) is 5.25. The highest BCUT2D eigenvalue weighted by molar-refractivity contribution is 9.10. The maximum absolute atomic E-state index is 13.1. The van der Waals surface area contributed by atoms with Crippen LogP contribution in [0.15, 0.2) is 10.7 Å². The van der Waals surface area contributed by atoms with Crippen LogP contribution in [0.25, 0.3) is 0 Å². The number of carbonyl (C=O) groups excluding carboxylic acids is 2. The van der Waals surface area contributed by atoms with Gasteiger partial charge < -0.3 is 14.5 Å². The van der Waals surface area contributed by atoms with Gasteiger partial charge in [-0.1, -0.05) is 0 Å². The van der Waals surface area contributed by atoms with Gasteiger partial charge in [-0.05, 0) is 35.2 Å². The molecule has 3 atom stereocenters. The Bertz CT molecular complexity index is 670. The molecular weight excluding hydrogens is 376 g/mol. The average molecular weight is 397 g/mol. The minimum atomic E-state index is -0.431. The van der Waals surface area contributed by atoms with Crippen LogP contribution in [0.4, 0.5) is 0 Å². The van der Waals surface area contributed by atoms with Crippen LogP contribution in [0.3, 0.4) is 0 Å². The van der Waals surface area contributed by atoms with E-state index in [0.29, 0.717) is 23.2 Å². The van der Waals surface area contributed by atoms with E-state index < -0.39 is 6.04 Å². The second-order valence-corrected chi connectivity index (χ2v) is 7.62. The van der Waals surface area contributed by atoms with Crippen molar-refractivity contribution in [1.82, 2.24) is 19.6 Å². The van der Waals surface area contributed by atoms with E-state index in [1.807, 2.05) is 4.90 Å². The number of aromatic nitrogens is 2. The Morgan fingerprint density at radius 2 is 2.08 bits per heavy atom. The number of aryl methyl sites for hydroxylation is 1. The number of carbonyl (C=O) groups is 2. The number of halogens is 1. The number of hydrogen-bond acceptors (Lipinski definition) is 4. The fourth-order valence-corrected chi connectivity index (χ4v) is 4.68. The van der Waals surface area contributed by atoms with Crippen molar-refractivity contribution in [3.8, 4) is 0 Å². The SMILES string of the molecule is Cn1cc(Br)c(C(=O)N2[C@H](C(=O)N3CCCC3)C[C@@H]3OCC[C@@H]32)n1. The summed E-state index contributed by atoms with van der Waals surface area (Å²) >= 11 is 3.40. The third kappa shape index (κ3) is 2.56. The van der Waals surface area contributed by atoms with Gasteiger partial charge in [0, 0.05) is 39.4 Å². The molecule has 4 rings (SSSR count). The Labute approximate surface area is 149 Å². The average Bonchev–Trinajstić information content (AvgIpc) is 3.29. The van der Waals surface area contributed by atoms with Crippen LogP contribution in [-0.2, 0) is 16.6 Å². The minimum absolute atomic E-state index is 0.0250. The fourth-order valence-electron chi connectivity index (χ4n) is 4.13. The molecule has 1 aromatic heterocycles. The molecule has 3 saturated heterocycles. The van der Waals surface area contributed by atoms with Gasteiger partial charge in [-0.3, -0.25) is 14.3 Å². The lowest BCUT2D eigenvalue weighted by atomic mass is 10.1. The Kier molecular flexibility index (Phi) is 4.12. The van der Waals surface area contributed by atoms with Crippen molar-refractivity contribution in [3.63, 3.8) is 0 Å². The zero-order valence-electron chi connectivity index (χ0n) is 13.7. The van der Waals surface area contributed by atoms with Gasteiger partial charge in [0.15, 0.2) is 5.69 Å². The summed E-state index contributed by atoms with van der Waals surface area (Å²) in [6.07, 6.45) is 5.18. The van der Waals surface area contributed by atoms with Gasteiger partial charge in [-0.15, -0.1) is 0 Å². The topological polar surface area (TPSA) is 67.7 Å². The monoisotopic (exact) mass is 396 g/mol. The van der Waals surface area contributed by atoms with E-state index in [4.69, 9.17) is 4.74 Å². The molecule has 0 saturated carbocycles. The van der Waals surface area contributed by atoms with Gasteiger partial charge >= 0.3 is 0 Å². The molecule has 0 aliphatic carbocycles. The number of amides is 2. The van der Waals surface area contributed by atoms with Crippen LogP contribution < -0.4 is 0 Å². The Morgan fingerprint density at radius 3 is 2.75 bits per heavy atom. The summed E-state index contributed by atoms with van der Waals surface area (Å²) < 4.78 is 8.03. The maximum atomic E-state index is 13.1. The van der Waals surface area contributed by atoms with E-state index in [0.717, 1.165) is 32.4 Å². The first-order valence-electron chi connectivity index (χ1n) is 8.48. The van der Waals surface area contributed by atoms with E-state index in [9.17, 15) is 9.59 Å². The first-order chi connectivity index (χ1) is 11.6. The van der Waals surface area contributed by atoms with Gasteiger partial charge in [0.2, 0.25) is 5.91 Å².